The van der Waals surface area contributed by atoms with Crippen molar-refractivity contribution < 1.29 is 28.8 Å². The van der Waals surface area contributed by atoms with Crippen molar-refractivity contribution in [3.8, 4) is 11.1 Å². The molecule has 1 unspecified atom stereocenters. The van der Waals surface area contributed by atoms with Crippen LogP contribution in [0.1, 0.15) is 11.1 Å². The van der Waals surface area contributed by atoms with Gasteiger partial charge >= 0.3 is 13.8 Å². The second kappa shape index (κ2) is 7.47. The highest BCUT2D eigenvalue weighted by molar-refractivity contribution is 7.46. The van der Waals surface area contributed by atoms with Crippen LogP contribution in [0.2, 0.25) is 0 Å². The van der Waals surface area contributed by atoms with Crippen molar-refractivity contribution in [2.24, 2.45) is 0 Å². The largest absolute Gasteiger partial charge is 0.479 e. The highest BCUT2D eigenvalue weighted by atomic mass is 31.2. The van der Waals surface area contributed by atoms with Crippen LogP contribution in [-0.4, -0.2) is 20.9 Å². The van der Waals surface area contributed by atoms with Gasteiger partial charge in [-0.25, -0.2) is 9.36 Å². The standard InChI is InChI=1S/C20H17O6P/c21-19(22)20(26-27(23,24)25,16-11-5-2-6-12-16)18-14-8-7-13-17(18)15-9-3-1-4-10-15/h1-14H,(H,21,22)(H2,23,24,25). The van der Waals surface area contributed by atoms with Gasteiger partial charge in [0.1, 0.15) is 0 Å². The van der Waals surface area contributed by atoms with Crippen LogP contribution in [0.3, 0.4) is 0 Å². The summed E-state index contributed by atoms with van der Waals surface area (Å²) >= 11 is 0. The summed E-state index contributed by atoms with van der Waals surface area (Å²) in [4.78, 5) is 31.4. The Morgan fingerprint density at radius 2 is 1.33 bits per heavy atom. The molecule has 138 valence electrons. The predicted octanol–water partition coefficient (Wildman–Crippen LogP) is 3.79. The Balaban J connectivity index is 2.36. The van der Waals surface area contributed by atoms with Crippen LogP contribution in [0.5, 0.6) is 0 Å². The number of carbonyl (C=O) groups is 1. The Labute approximate surface area is 155 Å². The number of rotatable bonds is 6. The Kier molecular flexibility index (Phi) is 5.26. The van der Waals surface area contributed by atoms with Gasteiger partial charge in [0, 0.05) is 11.1 Å². The first-order valence-corrected chi connectivity index (χ1v) is 9.58. The summed E-state index contributed by atoms with van der Waals surface area (Å²) in [6.45, 7) is 0. The van der Waals surface area contributed by atoms with Crippen molar-refractivity contribution in [1.29, 1.82) is 0 Å². The summed E-state index contributed by atoms with van der Waals surface area (Å²) in [5.41, 5.74) is -0.962. The van der Waals surface area contributed by atoms with E-state index < -0.39 is 19.4 Å². The molecule has 0 heterocycles. The van der Waals surface area contributed by atoms with Gasteiger partial charge in [0.15, 0.2) is 0 Å². The summed E-state index contributed by atoms with van der Waals surface area (Å²) in [5, 5.41) is 10.1. The van der Waals surface area contributed by atoms with E-state index in [0.29, 0.717) is 11.1 Å². The summed E-state index contributed by atoms with van der Waals surface area (Å²) in [6.07, 6.45) is 0. The molecule has 0 fully saturated rings. The molecule has 3 aromatic carbocycles. The summed E-state index contributed by atoms with van der Waals surface area (Å²) in [6, 6.07) is 23.3. The number of carboxylic acids is 1. The molecule has 6 nitrogen and oxygen atoms in total. The number of aliphatic carboxylic acids is 1. The monoisotopic (exact) mass is 384 g/mol. The maximum absolute atomic E-state index is 12.4. The molecule has 0 amide bonds. The van der Waals surface area contributed by atoms with Crippen LogP contribution in [0, 0.1) is 0 Å². The van der Waals surface area contributed by atoms with Crippen LogP contribution in [0.4, 0.5) is 0 Å². The first-order chi connectivity index (χ1) is 12.8. The predicted molar refractivity (Wildman–Crippen MR) is 99.9 cm³/mol. The SMILES string of the molecule is O=C(O)C(OP(=O)(O)O)(c1ccccc1)c1ccccc1-c1ccccc1. The molecule has 0 aliphatic heterocycles. The fourth-order valence-corrected chi connectivity index (χ4v) is 3.68. The van der Waals surface area contributed by atoms with Gasteiger partial charge in [-0.2, -0.15) is 0 Å². The quantitative estimate of drug-likeness (QED) is 0.559. The lowest BCUT2D eigenvalue weighted by Gasteiger charge is -2.32. The zero-order valence-corrected chi connectivity index (χ0v) is 15.0. The van der Waals surface area contributed by atoms with E-state index in [1.54, 1.807) is 60.7 Å². The van der Waals surface area contributed by atoms with E-state index in [1.807, 2.05) is 6.07 Å². The fourth-order valence-electron chi connectivity index (χ4n) is 3.05. The van der Waals surface area contributed by atoms with E-state index in [2.05, 4.69) is 0 Å². The molecule has 0 saturated carbocycles. The van der Waals surface area contributed by atoms with Gasteiger partial charge in [0.05, 0.1) is 0 Å². The molecular formula is C20H17O6P. The van der Waals surface area contributed by atoms with Crippen molar-refractivity contribution >= 4 is 13.8 Å². The lowest BCUT2D eigenvalue weighted by atomic mass is 9.82. The van der Waals surface area contributed by atoms with Crippen LogP contribution < -0.4 is 0 Å². The molecule has 0 aliphatic rings. The average molecular weight is 384 g/mol. The number of hydrogen-bond acceptors (Lipinski definition) is 3. The van der Waals surface area contributed by atoms with Gasteiger partial charge in [0.25, 0.3) is 0 Å². The van der Waals surface area contributed by atoms with Crippen molar-refractivity contribution in [2.75, 3.05) is 0 Å². The van der Waals surface area contributed by atoms with Gasteiger partial charge in [-0.05, 0) is 11.1 Å². The highest BCUT2D eigenvalue weighted by Crippen LogP contribution is 2.50. The Hall–Kier alpha value is -2.76. The lowest BCUT2D eigenvalue weighted by molar-refractivity contribution is -0.153. The molecule has 27 heavy (non-hydrogen) atoms. The first-order valence-electron chi connectivity index (χ1n) is 8.05. The third-order valence-corrected chi connectivity index (χ3v) is 4.64. The van der Waals surface area contributed by atoms with Gasteiger partial charge in [-0.15, -0.1) is 0 Å². The zero-order chi connectivity index (χ0) is 19.5. The maximum atomic E-state index is 12.4. The van der Waals surface area contributed by atoms with Gasteiger partial charge in [-0.1, -0.05) is 84.9 Å². The molecule has 0 radical (unpaired) electrons. The second-order valence-electron chi connectivity index (χ2n) is 5.85. The van der Waals surface area contributed by atoms with Crippen molar-refractivity contribution in [3.63, 3.8) is 0 Å². The molecule has 0 bridgehead atoms. The minimum atomic E-state index is -5.16. The number of carboxylic acid groups (broad SMARTS) is 1. The van der Waals surface area contributed by atoms with Crippen LogP contribution >= 0.6 is 7.82 Å². The zero-order valence-electron chi connectivity index (χ0n) is 14.1. The Morgan fingerprint density at radius 3 is 1.89 bits per heavy atom. The molecule has 1 atom stereocenters. The molecule has 0 spiro atoms. The van der Waals surface area contributed by atoms with Crippen molar-refractivity contribution in [2.45, 2.75) is 5.60 Å². The molecule has 7 heteroatoms. The minimum absolute atomic E-state index is 0.101. The van der Waals surface area contributed by atoms with E-state index in [4.69, 9.17) is 4.52 Å². The molecule has 3 rings (SSSR count). The van der Waals surface area contributed by atoms with Crippen molar-refractivity contribution in [1.82, 2.24) is 0 Å². The normalized spacial score (nSPS) is 13.7. The maximum Gasteiger partial charge on any atom is 0.471 e. The molecule has 0 aromatic heterocycles. The smallest absolute Gasteiger partial charge is 0.471 e. The minimum Gasteiger partial charge on any atom is -0.479 e. The molecule has 0 aliphatic carbocycles. The third-order valence-electron chi connectivity index (χ3n) is 4.13. The molecule has 3 N–H and O–H groups in total. The molecule has 3 aromatic rings. The number of hydrogen-bond donors (Lipinski definition) is 3. The van der Waals surface area contributed by atoms with E-state index in [9.17, 15) is 24.3 Å². The number of phosphoric acid groups is 1. The number of benzene rings is 3. The van der Waals surface area contributed by atoms with E-state index in [-0.39, 0.29) is 11.1 Å². The van der Waals surface area contributed by atoms with Crippen LogP contribution in [-0.2, 0) is 19.5 Å². The summed E-state index contributed by atoms with van der Waals surface area (Å²) in [5.74, 6) is -1.53. The summed E-state index contributed by atoms with van der Waals surface area (Å²) in [7, 11) is -5.16. The topological polar surface area (TPSA) is 104 Å². The second-order valence-corrected chi connectivity index (χ2v) is 7.01. The van der Waals surface area contributed by atoms with Crippen LogP contribution in [0.15, 0.2) is 84.9 Å². The molecule has 0 saturated heterocycles. The van der Waals surface area contributed by atoms with Gasteiger partial charge < -0.3 is 14.9 Å². The Morgan fingerprint density at radius 1 is 0.815 bits per heavy atom. The van der Waals surface area contributed by atoms with E-state index in [1.165, 1.54) is 18.2 Å². The third kappa shape index (κ3) is 3.84. The molecular weight excluding hydrogens is 367 g/mol. The summed E-state index contributed by atoms with van der Waals surface area (Å²) < 4.78 is 16.7. The van der Waals surface area contributed by atoms with Crippen molar-refractivity contribution in [3.05, 3.63) is 96.1 Å². The Bertz CT molecular complexity index is 984. The van der Waals surface area contributed by atoms with E-state index in [0.717, 1.165) is 0 Å². The van der Waals surface area contributed by atoms with Crippen LogP contribution in [0.25, 0.3) is 11.1 Å². The average Bonchev–Trinajstić information content (AvgIpc) is 2.66. The lowest BCUT2D eigenvalue weighted by Crippen LogP contribution is -2.39. The first kappa shape index (κ1) is 19.0. The highest BCUT2D eigenvalue weighted by Gasteiger charge is 2.49. The fraction of sp³-hybridized carbons (Fsp3) is 0.0500. The van der Waals surface area contributed by atoms with E-state index >= 15 is 0 Å². The number of phosphoric ester groups is 1. The van der Waals surface area contributed by atoms with Gasteiger partial charge in [-0.3, -0.25) is 4.52 Å². The van der Waals surface area contributed by atoms with Gasteiger partial charge in [0.2, 0.25) is 5.60 Å².